The molecule has 3 nitrogen and oxygen atoms in total. The zero-order valence-corrected chi connectivity index (χ0v) is 14.6. The molecular formula is C22H15ClN2O. The van der Waals surface area contributed by atoms with Gasteiger partial charge in [-0.2, -0.15) is 5.10 Å². The summed E-state index contributed by atoms with van der Waals surface area (Å²) in [5.41, 5.74) is 4.49. The predicted octanol–water partition coefficient (Wildman–Crippen LogP) is 5.63. The van der Waals surface area contributed by atoms with Crippen LogP contribution in [0.15, 0.2) is 84.9 Å². The Bertz CT molecular complexity index is 1040. The molecule has 0 saturated heterocycles. The first-order valence-electron chi connectivity index (χ1n) is 8.23. The molecule has 0 aliphatic carbocycles. The number of H-pyrrole nitrogens is 1. The largest absolute Gasteiger partial charge is 0.287 e. The van der Waals surface area contributed by atoms with Gasteiger partial charge in [0.25, 0.3) is 0 Å². The standard InChI is InChI=1S/C22H15ClN2O/c23-18-13-11-17(12-14-18)22(26)21-19(15-7-3-1-4-8-15)20(24-25-21)16-9-5-2-6-10-16/h1-14H,(H,24,25). The Labute approximate surface area is 156 Å². The average Bonchev–Trinajstić information content (AvgIpc) is 3.14. The van der Waals surface area contributed by atoms with Crippen LogP contribution in [-0.2, 0) is 0 Å². The number of nitrogens with zero attached hydrogens (tertiary/aromatic N) is 1. The number of nitrogens with one attached hydrogen (secondary N) is 1. The van der Waals surface area contributed by atoms with Crippen molar-refractivity contribution in [3.05, 3.63) is 101 Å². The SMILES string of the molecule is O=C(c1ccc(Cl)cc1)c1[nH]nc(-c2ccccc2)c1-c1ccccc1. The molecule has 0 atom stereocenters. The fraction of sp³-hybridized carbons (Fsp3) is 0. The molecule has 3 aromatic carbocycles. The van der Waals surface area contributed by atoms with Crippen LogP contribution in [0.5, 0.6) is 0 Å². The van der Waals surface area contributed by atoms with E-state index in [1.807, 2.05) is 60.7 Å². The van der Waals surface area contributed by atoms with Crippen molar-refractivity contribution in [1.82, 2.24) is 10.2 Å². The fourth-order valence-electron chi connectivity index (χ4n) is 2.94. The Morgan fingerprint density at radius 2 is 1.35 bits per heavy atom. The van der Waals surface area contributed by atoms with E-state index in [0.717, 1.165) is 22.4 Å². The Hall–Kier alpha value is -3.17. The number of benzene rings is 3. The summed E-state index contributed by atoms with van der Waals surface area (Å²) in [6, 6.07) is 26.5. The lowest BCUT2D eigenvalue weighted by Crippen LogP contribution is -2.03. The maximum Gasteiger partial charge on any atom is 0.211 e. The van der Waals surface area contributed by atoms with Gasteiger partial charge in [0.2, 0.25) is 5.78 Å². The van der Waals surface area contributed by atoms with Crippen molar-refractivity contribution in [1.29, 1.82) is 0 Å². The second-order valence-corrected chi connectivity index (χ2v) is 6.33. The van der Waals surface area contributed by atoms with Gasteiger partial charge in [-0.3, -0.25) is 9.89 Å². The first-order valence-corrected chi connectivity index (χ1v) is 8.61. The smallest absolute Gasteiger partial charge is 0.211 e. The second-order valence-electron chi connectivity index (χ2n) is 5.89. The minimum Gasteiger partial charge on any atom is -0.287 e. The van der Waals surface area contributed by atoms with Crippen molar-refractivity contribution in [2.45, 2.75) is 0 Å². The van der Waals surface area contributed by atoms with Gasteiger partial charge in [-0.05, 0) is 29.8 Å². The van der Waals surface area contributed by atoms with Crippen molar-refractivity contribution in [2.75, 3.05) is 0 Å². The Balaban J connectivity index is 1.89. The van der Waals surface area contributed by atoms with Gasteiger partial charge in [0, 0.05) is 21.7 Å². The summed E-state index contributed by atoms with van der Waals surface area (Å²) in [6.07, 6.45) is 0. The van der Waals surface area contributed by atoms with Crippen LogP contribution >= 0.6 is 11.6 Å². The summed E-state index contributed by atoms with van der Waals surface area (Å²) in [5, 5.41) is 8.00. The van der Waals surface area contributed by atoms with Gasteiger partial charge in [0.15, 0.2) is 0 Å². The number of rotatable bonds is 4. The molecule has 0 aliphatic rings. The lowest BCUT2D eigenvalue weighted by atomic mass is 9.95. The van der Waals surface area contributed by atoms with Crippen LogP contribution in [-0.4, -0.2) is 16.0 Å². The fourth-order valence-corrected chi connectivity index (χ4v) is 3.07. The lowest BCUT2D eigenvalue weighted by molar-refractivity contribution is 0.103. The van der Waals surface area contributed by atoms with E-state index >= 15 is 0 Å². The molecular weight excluding hydrogens is 344 g/mol. The first-order chi connectivity index (χ1) is 12.7. The third-order valence-corrected chi connectivity index (χ3v) is 4.46. The van der Waals surface area contributed by atoms with E-state index in [9.17, 15) is 4.79 Å². The molecule has 0 radical (unpaired) electrons. The van der Waals surface area contributed by atoms with Gasteiger partial charge in [0.05, 0.1) is 0 Å². The van der Waals surface area contributed by atoms with Crippen molar-refractivity contribution in [3.63, 3.8) is 0 Å². The van der Waals surface area contributed by atoms with Crippen molar-refractivity contribution in [2.24, 2.45) is 0 Å². The number of carbonyl (C=O) groups is 1. The molecule has 0 aliphatic heterocycles. The minimum absolute atomic E-state index is 0.116. The van der Waals surface area contributed by atoms with E-state index in [0.29, 0.717) is 16.3 Å². The van der Waals surface area contributed by atoms with Gasteiger partial charge >= 0.3 is 0 Å². The van der Waals surface area contributed by atoms with Gasteiger partial charge < -0.3 is 0 Å². The summed E-state index contributed by atoms with van der Waals surface area (Å²) in [7, 11) is 0. The molecule has 1 heterocycles. The average molecular weight is 359 g/mol. The molecule has 0 fully saturated rings. The zero-order valence-electron chi connectivity index (χ0n) is 13.8. The molecule has 4 rings (SSSR count). The van der Waals surface area contributed by atoms with Crippen LogP contribution in [0.1, 0.15) is 16.1 Å². The third-order valence-electron chi connectivity index (χ3n) is 4.21. The number of carbonyl (C=O) groups excluding carboxylic acids is 1. The highest BCUT2D eigenvalue weighted by atomic mass is 35.5. The first kappa shape index (κ1) is 16.3. The molecule has 4 heteroatoms. The highest BCUT2D eigenvalue weighted by Gasteiger charge is 2.22. The van der Waals surface area contributed by atoms with Crippen LogP contribution in [0.2, 0.25) is 5.02 Å². The van der Waals surface area contributed by atoms with Crippen molar-refractivity contribution in [3.8, 4) is 22.4 Å². The number of aromatic amines is 1. The van der Waals surface area contributed by atoms with Crippen molar-refractivity contribution >= 4 is 17.4 Å². The van der Waals surface area contributed by atoms with E-state index in [4.69, 9.17) is 11.6 Å². The van der Waals surface area contributed by atoms with Gasteiger partial charge in [-0.1, -0.05) is 72.3 Å². The van der Waals surface area contributed by atoms with E-state index in [1.165, 1.54) is 0 Å². The molecule has 1 N–H and O–H groups in total. The maximum atomic E-state index is 13.1. The van der Waals surface area contributed by atoms with Crippen LogP contribution in [0.25, 0.3) is 22.4 Å². The Morgan fingerprint density at radius 1 is 0.769 bits per heavy atom. The molecule has 0 bridgehead atoms. The summed E-state index contributed by atoms with van der Waals surface area (Å²) in [5.74, 6) is -0.116. The summed E-state index contributed by atoms with van der Waals surface area (Å²) in [4.78, 5) is 13.1. The molecule has 4 aromatic rings. The minimum atomic E-state index is -0.116. The quantitative estimate of drug-likeness (QED) is 0.480. The predicted molar refractivity (Wildman–Crippen MR) is 104 cm³/mol. The van der Waals surface area contributed by atoms with Gasteiger partial charge in [0.1, 0.15) is 11.4 Å². The molecule has 0 saturated carbocycles. The van der Waals surface area contributed by atoms with Crippen LogP contribution in [0, 0.1) is 0 Å². The molecule has 0 unspecified atom stereocenters. The van der Waals surface area contributed by atoms with E-state index in [-0.39, 0.29) is 5.78 Å². The van der Waals surface area contributed by atoms with E-state index < -0.39 is 0 Å². The van der Waals surface area contributed by atoms with Crippen LogP contribution in [0.4, 0.5) is 0 Å². The van der Waals surface area contributed by atoms with Gasteiger partial charge in [-0.15, -0.1) is 0 Å². The molecule has 1 aromatic heterocycles. The van der Waals surface area contributed by atoms with Gasteiger partial charge in [-0.25, -0.2) is 0 Å². The molecule has 126 valence electrons. The summed E-state index contributed by atoms with van der Waals surface area (Å²) >= 11 is 5.94. The molecule has 0 spiro atoms. The normalized spacial score (nSPS) is 10.7. The number of ketones is 1. The van der Waals surface area contributed by atoms with Crippen molar-refractivity contribution < 1.29 is 4.79 Å². The zero-order chi connectivity index (χ0) is 17.9. The molecule has 0 amide bonds. The highest BCUT2D eigenvalue weighted by Crippen LogP contribution is 2.34. The Kier molecular flexibility index (Phi) is 4.38. The van der Waals surface area contributed by atoms with Crippen LogP contribution in [0.3, 0.4) is 0 Å². The number of aromatic nitrogens is 2. The second kappa shape index (κ2) is 6.98. The highest BCUT2D eigenvalue weighted by molar-refractivity contribution is 6.30. The Morgan fingerprint density at radius 3 is 1.96 bits per heavy atom. The molecule has 26 heavy (non-hydrogen) atoms. The van der Waals surface area contributed by atoms with E-state index in [2.05, 4.69) is 10.2 Å². The summed E-state index contributed by atoms with van der Waals surface area (Å²) < 4.78 is 0. The third kappa shape index (κ3) is 3.05. The summed E-state index contributed by atoms with van der Waals surface area (Å²) in [6.45, 7) is 0. The number of hydrogen-bond acceptors (Lipinski definition) is 2. The van der Waals surface area contributed by atoms with Crippen LogP contribution < -0.4 is 0 Å². The topological polar surface area (TPSA) is 45.8 Å². The maximum absolute atomic E-state index is 13.1. The monoisotopic (exact) mass is 358 g/mol. The lowest BCUT2D eigenvalue weighted by Gasteiger charge is -2.06. The van der Waals surface area contributed by atoms with E-state index in [1.54, 1.807) is 24.3 Å². The number of hydrogen-bond donors (Lipinski definition) is 1. The number of halogens is 1.